The summed E-state index contributed by atoms with van der Waals surface area (Å²) in [5.74, 6) is -0.765. The standard InChI is InChI=1S/C15H19NO4/c1-10-5-3-6-12(9-10)20-11(2)13(17)16-15(14(18)19)7-4-8-15/h3,5-6,9,11H,4,7-8H2,1-2H3,(H,16,17)(H,18,19). The Morgan fingerprint density at radius 3 is 2.60 bits per heavy atom. The second kappa shape index (κ2) is 5.53. The van der Waals surface area contributed by atoms with Crippen molar-refractivity contribution in [1.82, 2.24) is 5.32 Å². The molecule has 1 atom stereocenters. The van der Waals surface area contributed by atoms with Crippen LogP contribution < -0.4 is 10.1 Å². The minimum atomic E-state index is -1.10. The molecule has 5 heteroatoms. The predicted octanol–water partition coefficient (Wildman–Crippen LogP) is 1.89. The van der Waals surface area contributed by atoms with Gasteiger partial charge >= 0.3 is 5.97 Å². The van der Waals surface area contributed by atoms with E-state index in [0.717, 1.165) is 12.0 Å². The fraction of sp³-hybridized carbons (Fsp3) is 0.467. The highest BCUT2D eigenvalue weighted by Crippen LogP contribution is 2.32. The van der Waals surface area contributed by atoms with E-state index in [1.165, 1.54) is 0 Å². The van der Waals surface area contributed by atoms with Crippen LogP contribution in [0.2, 0.25) is 0 Å². The summed E-state index contributed by atoms with van der Waals surface area (Å²) in [6.07, 6.45) is 1.05. The third kappa shape index (κ3) is 2.92. The molecule has 0 aliphatic heterocycles. The maximum Gasteiger partial charge on any atom is 0.329 e. The van der Waals surface area contributed by atoms with E-state index in [4.69, 9.17) is 4.74 Å². The highest BCUT2D eigenvalue weighted by atomic mass is 16.5. The molecule has 0 spiro atoms. The van der Waals surface area contributed by atoms with Crippen molar-refractivity contribution in [3.05, 3.63) is 29.8 Å². The average molecular weight is 277 g/mol. The van der Waals surface area contributed by atoms with E-state index in [0.29, 0.717) is 18.6 Å². The van der Waals surface area contributed by atoms with Crippen LogP contribution in [0.5, 0.6) is 5.75 Å². The lowest BCUT2D eigenvalue weighted by Crippen LogP contribution is -2.61. The van der Waals surface area contributed by atoms with E-state index >= 15 is 0 Å². The van der Waals surface area contributed by atoms with Crippen molar-refractivity contribution >= 4 is 11.9 Å². The Morgan fingerprint density at radius 1 is 1.40 bits per heavy atom. The number of aryl methyl sites for hydroxylation is 1. The van der Waals surface area contributed by atoms with Gasteiger partial charge in [-0.05, 0) is 50.8 Å². The van der Waals surface area contributed by atoms with Crippen LogP contribution in [-0.2, 0) is 9.59 Å². The molecule has 0 aromatic heterocycles. The van der Waals surface area contributed by atoms with E-state index in [1.807, 2.05) is 25.1 Å². The fourth-order valence-corrected chi connectivity index (χ4v) is 2.21. The number of hydrogen-bond donors (Lipinski definition) is 2. The number of nitrogens with one attached hydrogen (secondary N) is 1. The Bertz CT molecular complexity index is 522. The number of carboxylic acids is 1. The maximum atomic E-state index is 12.0. The van der Waals surface area contributed by atoms with Gasteiger partial charge in [-0.15, -0.1) is 0 Å². The third-order valence-electron chi connectivity index (χ3n) is 3.65. The van der Waals surface area contributed by atoms with Crippen LogP contribution in [0.3, 0.4) is 0 Å². The number of carboxylic acid groups (broad SMARTS) is 1. The highest BCUT2D eigenvalue weighted by molar-refractivity contribution is 5.89. The first-order valence-corrected chi connectivity index (χ1v) is 6.72. The molecule has 2 rings (SSSR count). The number of carbonyl (C=O) groups is 2. The Kier molecular flexibility index (Phi) is 3.97. The number of aliphatic carboxylic acids is 1. The molecule has 1 amide bonds. The highest BCUT2D eigenvalue weighted by Gasteiger charge is 2.46. The van der Waals surface area contributed by atoms with Crippen molar-refractivity contribution in [2.24, 2.45) is 0 Å². The molecule has 5 nitrogen and oxygen atoms in total. The second-order valence-corrected chi connectivity index (χ2v) is 5.31. The lowest BCUT2D eigenvalue weighted by molar-refractivity contribution is -0.152. The number of carbonyl (C=O) groups excluding carboxylic acids is 1. The second-order valence-electron chi connectivity index (χ2n) is 5.31. The lowest BCUT2D eigenvalue weighted by atomic mass is 9.76. The molecular weight excluding hydrogens is 258 g/mol. The number of hydrogen-bond acceptors (Lipinski definition) is 3. The first kappa shape index (κ1) is 14.4. The van der Waals surface area contributed by atoms with Gasteiger partial charge in [0.1, 0.15) is 11.3 Å². The number of benzene rings is 1. The molecule has 0 heterocycles. The van der Waals surface area contributed by atoms with Crippen LogP contribution >= 0.6 is 0 Å². The van der Waals surface area contributed by atoms with Gasteiger partial charge in [0, 0.05) is 0 Å². The topological polar surface area (TPSA) is 75.6 Å². The molecule has 0 bridgehead atoms. The zero-order chi connectivity index (χ0) is 14.8. The molecule has 1 saturated carbocycles. The Morgan fingerprint density at radius 2 is 2.10 bits per heavy atom. The first-order valence-electron chi connectivity index (χ1n) is 6.72. The van der Waals surface area contributed by atoms with Crippen LogP contribution in [0.1, 0.15) is 31.7 Å². The van der Waals surface area contributed by atoms with E-state index < -0.39 is 23.5 Å². The van der Waals surface area contributed by atoms with Crippen LogP contribution in [-0.4, -0.2) is 28.6 Å². The summed E-state index contributed by atoms with van der Waals surface area (Å²) in [5.41, 5.74) is -0.0579. The van der Waals surface area contributed by atoms with Gasteiger partial charge in [-0.25, -0.2) is 4.79 Å². The number of ether oxygens (including phenoxy) is 1. The Labute approximate surface area is 117 Å². The van der Waals surface area contributed by atoms with Gasteiger partial charge in [-0.1, -0.05) is 12.1 Å². The van der Waals surface area contributed by atoms with Crippen molar-refractivity contribution in [3.8, 4) is 5.75 Å². The minimum absolute atomic E-state index is 0.395. The summed E-state index contributed by atoms with van der Waals surface area (Å²) in [6.45, 7) is 3.55. The number of rotatable bonds is 5. The molecule has 20 heavy (non-hydrogen) atoms. The third-order valence-corrected chi connectivity index (χ3v) is 3.65. The van der Waals surface area contributed by atoms with E-state index in [9.17, 15) is 14.7 Å². The molecule has 0 saturated heterocycles. The van der Waals surface area contributed by atoms with Crippen molar-refractivity contribution < 1.29 is 19.4 Å². The van der Waals surface area contributed by atoms with E-state index in [-0.39, 0.29) is 0 Å². The summed E-state index contributed by atoms with van der Waals surface area (Å²) in [5, 5.41) is 11.8. The average Bonchev–Trinajstić information content (AvgIpc) is 2.32. The van der Waals surface area contributed by atoms with Crippen molar-refractivity contribution in [2.75, 3.05) is 0 Å². The van der Waals surface area contributed by atoms with Gasteiger partial charge in [0.2, 0.25) is 0 Å². The van der Waals surface area contributed by atoms with Gasteiger partial charge in [-0.3, -0.25) is 4.79 Å². The quantitative estimate of drug-likeness (QED) is 0.861. The van der Waals surface area contributed by atoms with Gasteiger partial charge in [0.05, 0.1) is 0 Å². The molecule has 1 aromatic carbocycles. The van der Waals surface area contributed by atoms with Crippen LogP contribution in [0.25, 0.3) is 0 Å². The zero-order valence-corrected chi connectivity index (χ0v) is 11.7. The zero-order valence-electron chi connectivity index (χ0n) is 11.7. The fourth-order valence-electron chi connectivity index (χ4n) is 2.21. The van der Waals surface area contributed by atoms with E-state index in [2.05, 4.69) is 5.32 Å². The van der Waals surface area contributed by atoms with Crippen LogP contribution in [0.4, 0.5) is 0 Å². The molecule has 1 unspecified atom stereocenters. The van der Waals surface area contributed by atoms with Gasteiger partial charge < -0.3 is 15.2 Å². The summed E-state index contributed by atoms with van der Waals surface area (Å²) < 4.78 is 5.55. The summed E-state index contributed by atoms with van der Waals surface area (Å²) in [4.78, 5) is 23.3. The molecule has 2 N–H and O–H groups in total. The summed E-state index contributed by atoms with van der Waals surface area (Å²) in [6, 6.07) is 7.39. The maximum absolute atomic E-state index is 12.0. The molecule has 0 radical (unpaired) electrons. The minimum Gasteiger partial charge on any atom is -0.481 e. The van der Waals surface area contributed by atoms with Crippen LogP contribution in [0.15, 0.2) is 24.3 Å². The number of amides is 1. The van der Waals surface area contributed by atoms with E-state index in [1.54, 1.807) is 13.0 Å². The SMILES string of the molecule is Cc1cccc(OC(C)C(=O)NC2(C(=O)O)CCC2)c1. The smallest absolute Gasteiger partial charge is 0.329 e. The predicted molar refractivity (Wildman–Crippen MR) is 73.6 cm³/mol. The normalized spacial score (nSPS) is 17.7. The Hall–Kier alpha value is -2.04. The van der Waals surface area contributed by atoms with Crippen molar-refractivity contribution in [2.45, 2.75) is 44.8 Å². The molecule has 1 aromatic rings. The lowest BCUT2D eigenvalue weighted by Gasteiger charge is -2.38. The van der Waals surface area contributed by atoms with Gasteiger partial charge in [-0.2, -0.15) is 0 Å². The van der Waals surface area contributed by atoms with Crippen molar-refractivity contribution in [3.63, 3.8) is 0 Å². The molecule has 1 aliphatic rings. The van der Waals surface area contributed by atoms with Gasteiger partial charge in [0.15, 0.2) is 6.10 Å². The monoisotopic (exact) mass is 277 g/mol. The van der Waals surface area contributed by atoms with Crippen molar-refractivity contribution in [1.29, 1.82) is 0 Å². The van der Waals surface area contributed by atoms with Crippen LogP contribution in [0, 0.1) is 6.92 Å². The summed E-state index contributed by atoms with van der Waals surface area (Å²) in [7, 11) is 0. The first-order chi connectivity index (χ1) is 9.43. The van der Waals surface area contributed by atoms with Gasteiger partial charge in [0.25, 0.3) is 5.91 Å². The molecule has 1 aliphatic carbocycles. The summed E-state index contributed by atoms with van der Waals surface area (Å²) >= 11 is 0. The molecule has 108 valence electrons. The molecular formula is C15H19NO4. The molecule has 1 fully saturated rings. The largest absolute Gasteiger partial charge is 0.481 e. The Balaban J connectivity index is 1.97.